The molecule has 2 aliphatic rings. The van der Waals surface area contributed by atoms with Crippen molar-refractivity contribution in [2.45, 2.75) is 58.2 Å². The molecule has 0 atom stereocenters. The molecule has 120 valence electrons. The van der Waals surface area contributed by atoms with Crippen LogP contribution in [0.25, 0.3) is 0 Å². The molecule has 0 aromatic heterocycles. The van der Waals surface area contributed by atoms with Crippen molar-refractivity contribution >= 4 is 12.6 Å². The summed E-state index contributed by atoms with van der Waals surface area (Å²) in [7, 11) is -0.257. The fourth-order valence-corrected chi connectivity index (χ4v) is 2.68. The Bertz CT molecular complexity index is 492. The molecular weight excluding hydrogens is 273 g/mol. The fourth-order valence-electron chi connectivity index (χ4n) is 2.68. The Balaban J connectivity index is 1.53. The Kier molecular flexibility index (Phi) is 4.37. The van der Waals surface area contributed by atoms with Crippen LogP contribution in [0.1, 0.15) is 46.1 Å². The van der Waals surface area contributed by atoms with Gasteiger partial charge in [-0.25, -0.2) is 0 Å². The Morgan fingerprint density at radius 3 is 2.18 bits per heavy atom. The Morgan fingerprint density at radius 1 is 1.05 bits per heavy atom. The van der Waals surface area contributed by atoms with Crippen LogP contribution in [-0.4, -0.2) is 31.4 Å². The number of rotatable bonds is 6. The molecule has 1 aromatic carbocycles. The van der Waals surface area contributed by atoms with E-state index in [1.165, 1.54) is 24.9 Å². The van der Waals surface area contributed by atoms with E-state index in [1.54, 1.807) is 0 Å². The van der Waals surface area contributed by atoms with E-state index in [4.69, 9.17) is 9.31 Å². The van der Waals surface area contributed by atoms with E-state index in [9.17, 15) is 0 Å². The first-order valence-corrected chi connectivity index (χ1v) is 8.53. The summed E-state index contributed by atoms with van der Waals surface area (Å²) >= 11 is 0. The molecule has 1 saturated carbocycles. The minimum atomic E-state index is -0.275. The van der Waals surface area contributed by atoms with Crippen molar-refractivity contribution in [2.75, 3.05) is 13.1 Å². The van der Waals surface area contributed by atoms with Crippen molar-refractivity contribution in [3.63, 3.8) is 0 Å². The van der Waals surface area contributed by atoms with E-state index in [-0.39, 0.29) is 18.3 Å². The van der Waals surface area contributed by atoms with Crippen molar-refractivity contribution in [1.82, 2.24) is 5.32 Å². The lowest BCUT2D eigenvalue weighted by Crippen LogP contribution is -2.41. The highest BCUT2D eigenvalue weighted by molar-refractivity contribution is 6.62. The lowest BCUT2D eigenvalue weighted by molar-refractivity contribution is 0.00578. The molecule has 3 nitrogen and oxygen atoms in total. The summed E-state index contributed by atoms with van der Waals surface area (Å²) < 4.78 is 12.2. The maximum Gasteiger partial charge on any atom is 0.494 e. The molecule has 1 aromatic rings. The van der Waals surface area contributed by atoms with E-state index in [2.05, 4.69) is 57.3 Å². The molecule has 1 heterocycles. The third-order valence-electron chi connectivity index (χ3n) is 5.23. The number of hydrogen-bond donors (Lipinski definition) is 1. The van der Waals surface area contributed by atoms with Crippen LogP contribution >= 0.6 is 0 Å². The van der Waals surface area contributed by atoms with Gasteiger partial charge in [-0.3, -0.25) is 0 Å². The Labute approximate surface area is 134 Å². The van der Waals surface area contributed by atoms with Crippen LogP contribution < -0.4 is 10.8 Å². The lowest BCUT2D eigenvalue weighted by atomic mass is 9.79. The van der Waals surface area contributed by atoms with Gasteiger partial charge in [0, 0.05) is 0 Å². The van der Waals surface area contributed by atoms with Gasteiger partial charge in [0.1, 0.15) is 0 Å². The number of nitrogens with one attached hydrogen (secondary N) is 1. The van der Waals surface area contributed by atoms with E-state index >= 15 is 0 Å². The van der Waals surface area contributed by atoms with Crippen molar-refractivity contribution in [3.8, 4) is 0 Å². The standard InChI is InChI=1S/C18H28BNO2/c1-17(2)18(3,4)22-19(21-17)16-9-7-14(8-10-16)11-12-20-13-15-5-6-15/h7-10,15,20H,5-6,11-13H2,1-4H3. The summed E-state index contributed by atoms with van der Waals surface area (Å²) in [6.07, 6.45) is 3.90. The monoisotopic (exact) mass is 301 g/mol. The van der Waals surface area contributed by atoms with Gasteiger partial charge < -0.3 is 14.6 Å². The zero-order chi connectivity index (χ0) is 15.8. The lowest BCUT2D eigenvalue weighted by Gasteiger charge is -2.32. The Hall–Kier alpha value is -0.835. The third kappa shape index (κ3) is 3.56. The second-order valence-corrected chi connectivity index (χ2v) is 7.73. The minimum Gasteiger partial charge on any atom is -0.399 e. The van der Waals surface area contributed by atoms with Crippen LogP contribution in [0.4, 0.5) is 0 Å². The molecule has 0 spiro atoms. The summed E-state index contributed by atoms with van der Waals surface area (Å²) in [6.45, 7) is 10.6. The van der Waals surface area contributed by atoms with Crippen LogP contribution in [-0.2, 0) is 15.7 Å². The molecule has 1 saturated heterocycles. The summed E-state index contributed by atoms with van der Waals surface area (Å²) in [5, 5.41) is 3.54. The van der Waals surface area contributed by atoms with Gasteiger partial charge in [-0.15, -0.1) is 0 Å². The molecule has 0 radical (unpaired) electrons. The molecule has 1 N–H and O–H groups in total. The van der Waals surface area contributed by atoms with Gasteiger partial charge in [-0.1, -0.05) is 24.3 Å². The van der Waals surface area contributed by atoms with Crippen molar-refractivity contribution in [2.24, 2.45) is 5.92 Å². The van der Waals surface area contributed by atoms with Crippen molar-refractivity contribution in [3.05, 3.63) is 29.8 Å². The average Bonchev–Trinajstić information content (AvgIpc) is 3.23. The van der Waals surface area contributed by atoms with Gasteiger partial charge in [0.15, 0.2) is 0 Å². The topological polar surface area (TPSA) is 30.5 Å². The van der Waals surface area contributed by atoms with Crippen molar-refractivity contribution in [1.29, 1.82) is 0 Å². The largest absolute Gasteiger partial charge is 0.494 e. The molecule has 2 fully saturated rings. The zero-order valence-electron chi connectivity index (χ0n) is 14.3. The van der Waals surface area contributed by atoms with Crippen molar-refractivity contribution < 1.29 is 9.31 Å². The first kappa shape index (κ1) is 16.0. The van der Waals surface area contributed by atoms with Gasteiger partial charge in [-0.05, 0) is 77.0 Å². The first-order chi connectivity index (χ1) is 10.4. The predicted molar refractivity (Wildman–Crippen MR) is 91.5 cm³/mol. The van der Waals surface area contributed by atoms with Crippen LogP contribution in [0.15, 0.2) is 24.3 Å². The summed E-state index contributed by atoms with van der Waals surface area (Å²) in [4.78, 5) is 0. The highest BCUT2D eigenvalue weighted by Crippen LogP contribution is 2.36. The molecule has 4 heteroatoms. The molecule has 0 bridgehead atoms. The van der Waals surface area contributed by atoms with Gasteiger partial charge in [0.25, 0.3) is 0 Å². The smallest absolute Gasteiger partial charge is 0.399 e. The van der Waals surface area contributed by atoms with Crippen LogP contribution in [0.3, 0.4) is 0 Å². The second-order valence-electron chi connectivity index (χ2n) is 7.73. The molecular formula is C18H28BNO2. The molecule has 1 aliphatic heterocycles. The highest BCUT2D eigenvalue weighted by atomic mass is 16.7. The van der Waals surface area contributed by atoms with Gasteiger partial charge in [0.05, 0.1) is 11.2 Å². The summed E-state index contributed by atoms with van der Waals surface area (Å²) in [5.74, 6) is 0.950. The molecule has 1 aliphatic carbocycles. The third-order valence-corrected chi connectivity index (χ3v) is 5.23. The van der Waals surface area contributed by atoms with E-state index in [0.717, 1.165) is 24.3 Å². The van der Waals surface area contributed by atoms with E-state index in [1.807, 2.05) is 0 Å². The average molecular weight is 301 g/mol. The molecule has 0 unspecified atom stereocenters. The fraction of sp³-hybridized carbons (Fsp3) is 0.667. The second kappa shape index (κ2) is 5.99. The minimum absolute atomic E-state index is 0.257. The number of benzene rings is 1. The maximum absolute atomic E-state index is 6.09. The highest BCUT2D eigenvalue weighted by Gasteiger charge is 2.51. The number of hydrogen-bond acceptors (Lipinski definition) is 3. The summed E-state index contributed by atoms with van der Waals surface area (Å²) in [5.41, 5.74) is 1.92. The van der Waals surface area contributed by atoms with Crippen LogP contribution in [0, 0.1) is 5.92 Å². The normalized spacial score (nSPS) is 23.0. The quantitative estimate of drug-likeness (QED) is 0.647. The van der Waals surface area contributed by atoms with E-state index in [0.29, 0.717) is 0 Å². The van der Waals surface area contributed by atoms with Crippen LogP contribution in [0.2, 0.25) is 0 Å². The van der Waals surface area contributed by atoms with Gasteiger partial charge >= 0.3 is 7.12 Å². The molecule has 0 amide bonds. The van der Waals surface area contributed by atoms with E-state index < -0.39 is 0 Å². The van der Waals surface area contributed by atoms with Gasteiger partial charge in [0.2, 0.25) is 0 Å². The maximum atomic E-state index is 6.09. The van der Waals surface area contributed by atoms with Crippen LogP contribution in [0.5, 0.6) is 0 Å². The molecule has 3 rings (SSSR count). The predicted octanol–water partition coefficient (Wildman–Crippen LogP) is 2.53. The zero-order valence-corrected chi connectivity index (χ0v) is 14.3. The molecule has 22 heavy (non-hydrogen) atoms. The Morgan fingerprint density at radius 2 is 1.64 bits per heavy atom. The first-order valence-electron chi connectivity index (χ1n) is 8.53. The summed E-state index contributed by atoms with van der Waals surface area (Å²) in [6, 6.07) is 8.66. The van der Waals surface area contributed by atoms with Gasteiger partial charge in [-0.2, -0.15) is 0 Å². The SMILES string of the molecule is CC1(C)OB(c2ccc(CCNCC3CC3)cc2)OC1(C)C.